The van der Waals surface area contributed by atoms with E-state index in [1.165, 1.54) is 0 Å². The lowest BCUT2D eigenvalue weighted by atomic mass is 10.1. The van der Waals surface area contributed by atoms with Crippen molar-refractivity contribution in [3.05, 3.63) is 28.8 Å². The number of methoxy groups -OCH3 is 1. The molecule has 2 unspecified atom stereocenters. The van der Waals surface area contributed by atoms with E-state index in [4.69, 9.17) is 26.8 Å². The topological polar surface area (TPSA) is 44.5 Å². The van der Waals surface area contributed by atoms with Crippen molar-refractivity contribution in [2.75, 3.05) is 13.7 Å². The van der Waals surface area contributed by atoms with E-state index in [1.807, 2.05) is 32.0 Å². The number of halogens is 1. The van der Waals surface area contributed by atoms with Crippen LogP contribution in [0.4, 0.5) is 0 Å². The van der Waals surface area contributed by atoms with Gasteiger partial charge in [-0.1, -0.05) is 17.7 Å². The van der Waals surface area contributed by atoms with Gasteiger partial charge in [0.25, 0.3) is 0 Å². The molecular weight excluding hydrogens is 238 g/mol. The van der Waals surface area contributed by atoms with Crippen LogP contribution in [0.15, 0.2) is 18.2 Å². The quantitative estimate of drug-likeness (QED) is 0.851. The molecule has 0 aliphatic heterocycles. The lowest BCUT2D eigenvalue weighted by Crippen LogP contribution is -2.14. The molecule has 0 aliphatic carbocycles. The van der Waals surface area contributed by atoms with Crippen molar-refractivity contribution < 1.29 is 9.47 Å². The van der Waals surface area contributed by atoms with Gasteiger partial charge in [-0.2, -0.15) is 0 Å². The molecule has 17 heavy (non-hydrogen) atoms. The Morgan fingerprint density at radius 1 is 1.35 bits per heavy atom. The number of benzene rings is 1. The van der Waals surface area contributed by atoms with Crippen LogP contribution in [0.1, 0.15) is 31.9 Å². The van der Waals surface area contributed by atoms with Gasteiger partial charge >= 0.3 is 0 Å². The number of hydrogen-bond donors (Lipinski definition) is 1. The molecule has 1 aromatic rings. The molecule has 3 nitrogen and oxygen atoms in total. The molecule has 0 fully saturated rings. The highest BCUT2D eigenvalue weighted by Gasteiger charge is 2.09. The van der Waals surface area contributed by atoms with Crippen molar-refractivity contribution in [2.45, 2.75) is 32.4 Å². The van der Waals surface area contributed by atoms with Crippen LogP contribution in [0.5, 0.6) is 5.75 Å². The van der Waals surface area contributed by atoms with E-state index in [0.29, 0.717) is 17.4 Å². The monoisotopic (exact) mass is 257 g/mol. The van der Waals surface area contributed by atoms with Crippen LogP contribution in [0.2, 0.25) is 5.02 Å². The molecule has 0 aliphatic rings. The lowest BCUT2D eigenvalue weighted by Gasteiger charge is -2.16. The Morgan fingerprint density at radius 2 is 2.06 bits per heavy atom. The van der Waals surface area contributed by atoms with Gasteiger partial charge in [0, 0.05) is 26.2 Å². The van der Waals surface area contributed by atoms with Crippen LogP contribution in [-0.4, -0.2) is 19.8 Å². The van der Waals surface area contributed by atoms with Gasteiger partial charge in [0.15, 0.2) is 0 Å². The molecular formula is C13H20ClNO2. The maximum atomic E-state index is 6.14. The summed E-state index contributed by atoms with van der Waals surface area (Å²) < 4.78 is 10.7. The molecule has 0 amide bonds. The van der Waals surface area contributed by atoms with Crippen LogP contribution in [0.25, 0.3) is 0 Å². The zero-order valence-electron chi connectivity index (χ0n) is 10.6. The third-order valence-electron chi connectivity index (χ3n) is 2.54. The summed E-state index contributed by atoms with van der Waals surface area (Å²) in [5.74, 6) is 0.694. The van der Waals surface area contributed by atoms with Gasteiger partial charge in [-0.25, -0.2) is 0 Å². The van der Waals surface area contributed by atoms with E-state index in [0.717, 1.165) is 12.0 Å². The number of hydrogen-bond acceptors (Lipinski definition) is 3. The molecule has 0 aromatic heterocycles. The average Bonchev–Trinajstić information content (AvgIpc) is 2.28. The molecule has 0 bridgehead atoms. The van der Waals surface area contributed by atoms with Crippen LogP contribution in [0, 0.1) is 0 Å². The van der Waals surface area contributed by atoms with E-state index in [9.17, 15) is 0 Å². The summed E-state index contributed by atoms with van der Waals surface area (Å²) in [7, 11) is 1.68. The maximum Gasteiger partial charge on any atom is 0.138 e. The first-order valence-corrected chi connectivity index (χ1v) is 6.13. The predicted molar refractivity (Wildman–Crippen MR) is 70.6 cm³/mol. The molecule has 2 N–H and O–H groups in total. The van der Waals surface area contributed by atoms with E-state index >= 15 is 0 Å². The summed E-state index contributed by atoms with van der Waals surface area (Å²) >= 11 is 6.14. The Morgan fingerprint density at radius 3 is 2.59 bits per heavy atom. The van der Waals surface area contributed by atoms with Crippen molar-refractivity contribution in [1.29, 1.82) is 0 Å². The summed E-state index contributed by atoms with van der Waals surface area (Å²) in [6, 6.07) is 5.64. The summed E-state index contributed by atoms with van der Waals surface area (Å²) in [5.41, 5.74) is 6.79. The zero-order valence-corrected chi connectivity index (χ0v) is 11.3. The maximum absolute atomic E-state index is 6.14. The predicted octanol–water partition coefficient (Wildman–Crippen LogP) is 3.16. The molecule has 1 rings (SSSR count). The average molecular weight is 258 g/mol. The molecule has 0 heterocycles. The van der Waals surface area contributed by atoms with E-state index < -0.39 is 0 Å². The molecule has 0 saturated heterocycles. The molecule has 0 spiro atoms. The summed E-state index contributed by atoms with van der Waals surface area (Å²) in [6.07, 6.45) is 0.913. The van der Waals surface area contributed by atoms with Crippen LogP contribution >= 0.6 is 11.6 Å². The van der Waals surface area contributed by atoms with Crippen LogP contribution in [0.3, 0.4) is 0 Å². The molecule has 96 valence electrons. The van der Waals surface area contributed by atoms with Crippen molar-refractivity contribution in [2.24, 2.45) is 5.73 Å². The third kappa shape index (κ3) is 4.54. The summed E-state index contributed by atoms with van der Waals surface area (Å²) in [6.45, 7) is 4.60. The first-order valence-electron chi connectivity index (χ1n) is 5.75. The minimum absolute atomic E-state index is 0.0209. The molecule has 0 radical (unpaired) electrons. The highest BCUT2D eigenvalue weighted by atomic mass is 35.5. The Bertz CT molecular complexity index is 355. The van der Waals surface area contributed by atoms with Crippen LogP contribution < -0.4 is 10.5 Å². The fourth-order valence-corrected chi connectivity index (χ4v) is 1.69. The second kappa shape index (κ2) is 6.84. The fourth-order valence-electron chi connectivity index (χ4n) is 1.46. The first kappa shape index (κ1) is 14.3. The first-order chi connectivity index (χ1) is 8.04. The standard InChI is InChI=1S/C13H20ClNO2/c1-9(6-7-16-3)17-13-5-4-11(10(2)15)8-12(13)14/h4-5,8-10H,6-7,15H2,1-3H3. The van der Waals surface area contributed by atoms with E-state index in [2.05, 4.69) is 0 Å². The normalized spacial score (nSPS) is 14.4. The summed E-state index contributed by atoms with van der Waals surface area (Å²) in [5, 5.41) is 0.601. The third-order valence-corrected chi connectivity index (χ3v) is 2.83. The van der Waals surface area contributed by atoms with Crippen LogP contribution in [-0.2, 0) is 4.74 Å². The zero-order chi connectivity index (χ0) is 12.8. The van der Waals surface area contributed by atoms with Gasteiger partial charge in [-0.15, -0.1) is 0 Å². The van der Waals surface area contributed by atoms with Gasteiger partial charge in [0.1, 0.15) is 5.75 Å². The lowest BCUT2D eigenvalue weighted by molar-refractivity contribution is 0.135. The highest BCUT2D eigenvalue weighted by molar-refractivity contribution is 6.32. The van der Waals surface area contributed by atoms with Crippen molar-refractivity contribution in [3.8, 4) is 5.75 Å². The van der Waals surface area contributed by atoms with Gasteiger partial charge in [0.2, 0.25) is 0 Å². The van der Waals surface area contributed by atoms with Crippen molar-refractivity contribution in [1.82, 2.24) is 0 Å². The Hall–Kier alpha value is -0.770. The van der Waals surface area contributed by atoms with E-state index in [1.54, 1.807) is 7.11 Å². The number of rotatable bonds is 6. The fraction of sp³-hybridized carbons (Fsp3) is 0.538. The molecule has 4 heteroatoms. The Labute approximate surface area is 108 Å². The van der Waals surface area contributed by atoms with Gasteiger partial charge in [-0.3, -0.25) is 0 Å². The molecule has 0 saturated carbocycles. The minimum Gasteiger partial charge on any atom is -0.489 e. The smallest absolute Gasteiger partial charge is 0.138 e. The van der Waals surface area contributed by atoms with Gasteiger partial charge in [-0.05, 0) is 31.5 Å². The van der Waals surface area contributed by atoms with E-state index in [-0.39, 0.29) is 12.1 Å². The number of ether oxygens (including phenoxy) is 2. The van der Waals surface area contributed by atoms with Gasteiger partial charge in [0.05, 0.1) is 11.1 Å². The largest absolute Gasteiger partial charge is 0.489 e. The molecule has 1 aromatic carbocycles. The molecule has 2 atom stereocenters. The van der Waals surface area contributed by atoms with Crippen molar-refractivity contribution >= 4 is 11.6 Å². The second-order valence-electron chi connectivity index (χ2n) is 4.19. The minimum atomic E-state index is -0.0209. The number of nitrogens with two attached hydrogens (primary N) is 1. The highest BCUT2D eigenvalue weighted by Crippen LogP contribution is 2.28. The Kier molecular flexibility index (Phi) is 5.75. The van der Waals surface area contributed by atoms with Crippen molar-refractivity contribution in [3.63, 3.8) is 0 Å². The van der Waals surface area contributed by atoms with Gasteiger partial charge < -0.3 is 15.2 Å². The second-order valence-corrected chi connectivity index (χ2v) is 4.60. The SMILES string of the molecule is COCCC(C)Oc1ccc(C(C)N)cc1Cl. The Balaban J connectivity index is 2.65. The summed E-state index contributed by atoms with van der Waals surface area (Å²) in [4.78, 5) is 0.